The quantitative estimate of drug-likeness (QED) is 0.396. The number of nitrogens with zero attached hydrogens (tertiary/aromatic N) is 4. The smallest absolute Gasteiger partial charge is 0.318 e. The summed E-state index contributed by atoms with van der Waals surface area (Å²) in [7, 11) is 0. The molecular weight excluding hydrogens is 438 g/mol. The lowest BCUT2D eigenvalue weighted by molar-refractivity contribution is 0.183. The Morgan fingerprint density at radius 1 is 1.24 bits per heavy atom. The van der Waals surface area contributed by atoms with Crippen LogP contribution in [0.25, 0.3) is 11.0 Å². The second-order valence-corrected chi connectivity index (χ2v) is 8.79. The van der Waals surface area contributed by atoms with E-state index in [1.807, 2.05) is 71.1 Å². The first-order valence-electron chi connectivity index (χ1n) is 11.3. The molecule has 2 atom stereocenters. The predicted octanol–water partition coefficient (Wildman–Crippen LogP) is 5.72. The molecule has 1 N–H and O–H groups in total. The van der Waals surface area contributed by atoms with Crippen LogP contribution >= 0.6 is 11.6 Å². The number of fused-ring (bicyclic) bond motifs is 1. The number of hydrogen-bond acceptors (Lipinski definition) is 4. The summed E-state index contributed by atoms with van der Waals surface area (Å²) in [6.07, 6.45) is 4.07. The number of nitrogens with one attached hydrogen (secondary N) is 1. The van der Waals surface area contributed by atoms with Crippen LogP contribution < -0.4 is 5.32 Å². The molecule has 0 saturated carbocycles. The van der Waals surface area contributed by atoms with Crippen LogP contribution in [0.2, 0.25) is 5.02 Å². The Hall–Kier alpha value is -3.32. The van der Waals surface area contributed by atoms with E-state index in [-0.39, 0.29) is 18.1 Å². The minimum absolute atomic E-state index is 0.106. The third kappa shape index (κ3) is 4.46. The molecular formula is C25H26ClN5O2. The van der Waals surface area contributed by atoms with E-state index >= 15 is 0 Å². The SMILES string of the molecule is CC[C@H](NC(=O)N1CCCC1c1ncnn1Cc1ccc(Cl)cc1)c1cc2ccccc2o1. The molecule has 0 radical (unpaired) electrons. The Kier molecular flexibility index (Phi) is 6.05. The molecule has 5 rings (SSSR count). The van der Waals surface area contributed by atoms with Crippen LogP contribution in [0.15, 0.2) is 65.3 Å². The number of carbonyl (C=O) groups excluding carboxylic acids is 1. The lowest BCUT2D eigenvalue weighted by atomic mass is 10.1. The highest BCUT2D eigenvalue weighted by Gasteiger charge is 2.34. The van der Waals surface area contributed by atoms with Crippen molar-refractivity contribution in [3.8, 4) is 0 Å². The highest BCUT2D eigenvalue weighted by atomic mass is 35.5. The summed E-state index contributed by atoms with van der Waals surface area (Å²) in [6, 6.07) is 17.2. The standard InChI is InChI=1S/C25H26ClN5O2/c1-2-20(23-14-18-6-3-4-8-22(18)33-23)29-25(32)30-13-5-7-21(30)24-27-16-28-31(24)15-17-9-11-19(26)12-10-17/h3-4,6,8-12,14,16,20-21H,2,5,7,13,15H2,1H3,(H,29,32)/t20-,21?/m0/s1. The number of amides is 2. The molecule has 7 nitrogen and oxygen atoms in total. The van der Waals surface area contributed by atoms with Gasteiger partial charge in [0.2, 0.25) is 0 Å². The minimum Gasteiger partial charge on any atom is -0.459 e. The van der Waals surface area contributed by atoms with E-state index in [4.69, 9.17) is 16.0 Å². The molecule has 2 amide bonds. The van der Waals surface area contributed by atoms with Crippen LogP contribution in [-0.4, -0.2) is 32.2 Å². The van der Waals surface area contributed by atoms with Crippen LogP contribution in [0.3, 0.4) is 0 Å². The summed E-state index contributed by atoms with van der Waals surface area (Å²) in [4.78, 5) is 19.7. The number of rotatable bonds is 6. The van der Waals surface area contributed by atoms with Gasteiger partial charge in [-0.1, -0.05) is 48.9 Å². The van der Waals surface area contributed by atoms with Crippen LogP contribution in [0.5, 0.6) is 0 Å². The summed E-state index contributed by atoms with van der Waals surface area (Å²) >= 11 is 6.01. The predicted molar refractivity (Wildman–Crippen MR) is 127 cm³/mol. The summed E-state index contributed by atoms with van der Waals surface area (Å²) in [5, 5.41) is 9.33. The fourth-order valence-electron chi connectivity index (χ4n) is 4.47. The average molecular weight is 464 g/mol. The van der Waals surface area contributed by atoms with Gasteiger partial charge < -0.3 is 14.6 Å². The maximum absolute atomic E-state index is 13.3. The van der Waals surface area contributed by atoms with E-state index < -0.39 is 0 Å². The van der Waals surface area contributed by atoms with Crippen molar-refractivity contribution in [1.82, 2.24) is 25.0 Å². The van der Waals surface area contributed by atoms with Crippen molar-refractivity contribution in [2.24, 2.45) is 0 Å². The number of likely N-dealkylation sites (tertiary alicyclic amines) is 1. The van der Waals surface area contributed by atoms with Gasteiger partial charge in [0.05, 0.1) is 18.6 Å². The Morgan fingerprint density at radius 3 is 2.85 bits per heavy atom. The molecule has 0 aliphatic carbocycles. The molecule has 4 aromatic rings. The normalized spacial score (nSPS) is 16.9. The Bertz CT molecular complexity index is 1220. The van der Waals surface area contributed by atoms with E-state index in [0.29, 0.717) is 18.1 Å². The zero-order valence-corrected chi connectivity index (χ0v) is 19.2. The molecule has 8 heteroatoms. The Labute approximate surface area is 197 Å². The van der Waals surface area contributed by atoms with Gasteiger partial charge in [-0.2, -0.15) is 5.10 Å². The monoisotopic (exact) mass is 463 g/mol. The Balaban J connectivity index is 1.32. The molecule has 3 heterocycles. The van der Waals surface area contributed by atoms with Gasteiger partial charge in [0.25, 0.3) is 0 Å². The molecule has 1 fully saturated rings. The number of halogens is 1. The van der Waals surface area contributed by atoms with Gasteiger partial charge in [-0.15, -0.1) is 0 Å². The molecule has 1 unspecified atom stereocenters. The topological polar surface area (TPSA) is 76.2 Å². The van der Waals surface area contributed by atoms with Gasteiger partial charge >= 0.3 is 6.03 Å². The first-order chi connectivity index (χ1) is 16.1. The largest absolute Gasteiger partial charge is 0.459 e. The van der Waals surface area contributed by atoms with E-state index in [9.17, 15) is 4.79 Å². The maximum Gasteiger partial charge on any atom is 0.318 e. The third-order valence-corrected chi connectivity index (χ3v) is 6.45. The van der Waals surface area contributed by atoms with Crippen LogP contribution in [0.1, 0.15) is 55.4 Å². The number of carbonyl (C=O) groups is 1. The van der Waals surface area contributed by atoms with Crippen molar-refractivity contribution in [3.63, 3.8) is 0 Å². The van der Waals surface area contributed by atoms with Gasteiger partial charge in [-0.25, -0.2) is 14.5 Å². The minimum atomic E-state index is -0.196. The van der Waals surface area contributed by atoms with Crippen molar-refractivity contribution in [2.75, 3.05) is 6.54 Å². The molecule has 1 aliphatic heterocycles. The van der Waals surface area contributed by atoms with Crippen molar-refractivity contribution in [2.45, 2.75) is 44.8 Å². The summed E-state index contributed by atoms with van der Waals surface area (Å²) in [6.45, 7) is 3.30. The molecule has 0 bridgehead atoms. The van der Waals surface area contributed by atoms with E-state index in [1.165, 1.54) is 0 Å². The fourth-order valence-corrected chi connectivity index (χ4v) is 4.60. The first kappa shape index (κ1) is 21.5. The number of furan rings is 1. The summed E-state index contributed by atoms with van der Waals surface area (Å²) in [5.74, 6) is 1.57. The molecule has 170 valence electrons. The van der Waals surface area contributed by atoms with Crippen LogP contribution in [-0.2, 0) is 6.54 Å². The molecule has 2 aromatic carbocycles. The number of aromatic nitrogens is 3. The van der Waals surface area contributed by atoms with Crippen molar-refractivity contribution < 1.29 is 9.21 Å². The van der Waals surface area contributed by atoms with Crippen molar-refractivity contribution >= 4 is 28.6 Å². The fraction of sp³-hybridized carbons (Fsp3) is 0.320. The molecule has 33 heavy (non-hydrogen) atoms. The van der Waals surface area contributed by atoms with Crippen molar-refractivity contribution in [3.05, 3.63) is 83.1 Å². The number of benzene rings is 2. The zero-order chi connectivity index (χ0) is 22.8. The van der Waals surface area contributed by atoms with Gasteiger partial charge in [0.1, 0.15) is 23.5 Å². The molecule has 2 aromatic heterocycles. The van der Waals surface area contributed by atoms with Crippen LogP contribution in [0.4, 0.5) is 4.79 Å². The third-order valence-electron chi connectivity index (χ3n) is 6.20. The van der Waals surface area contributed by atoms with E-state index in [1.54, 1.807) is 6.33 Å². The number of para-hydroxylation sites is 1. The average Bonchev–Trinajstić information content (AvgIpc) is 3.57. The number of urea groups is 1. The zero-order valence-electron chi connectivity index (χ0n) is 18.4. The number of hydrogen-bond donors (Lipinski definition) is 1. The molecule has 1 aliphatic rings. The van der Waals surface area contributed by atoms with E-state index in [0.717, 1.165) is 47.4 Å². The van der Waals surface area contributed by atoms with Gasteiger partial charge in [-0.05, 0) is 49.1 Å². The summed E-state index contributed by atoms with van der Waals surface area (Å²) < 4.78 is 7.88. The molecule has 1 saturated heterocycles. The van der Waals surface area contributed by atoms with E-state index in [2.05, 4.69) is 15.4 Å². The Morgan fingerprint density at radius 2 is 2.06 bits per heavy atom. The second kappa shape index (κ2) is 9.27. The van der Waals surface area contributed by atoms with Gasteiger partial charge in [0, 0.05) is 17.0 Å². The highest BCUT2D eigenvalue weighted by Crippen LogP contribution is 2.32. The van der Waals surface area contributed by atoms with Crippen LogP contribution in [0, 0.1) is 0 Å². The first-order valence-corrected chi connectivity index (χ1v) is 11.7. The molecule has 0 spiro atoms. The van der Waals surface area contributed by atoms with Gasteiger partial charge in [0.15, 0.2) is 0 Å². The summed E-state index contributed by atoms with van der Waals surface area (Å²) in [5.41, 5.74) is 1.91. The van der Waals surface area contributed by atoms with Crippen molar-refractivity contribution in [1.29, 1.82) is 0 Å². The lowest BCUT2D eigenvalue weighted by Gasteiger charge is -2.27. The maximum atomic E-state index is 13.3. The van der Waals surface area contributed by atoms with Gasteiger partial charge in [-0.3, -0.25) is 0 Å². The second-order valence-electron chi connectivity index (χ2n) is 8.35. The lowest BCUT2D eigenvalue weighted by Crippen LogP contribution is -2.41. The highest BCUT2D eigenvalue weighted by molar-refractivity contribution is 6.30.